The Morgan fingerprint density at radius 2 is 1.70 bits per heavy atom. The van der Waals surface area contributed by atoms with Crippen LogP contribution in [0.15, 0.2) is 18.2 Å². The van der Waals surface area contributed by atoms with E-state index < -0.39 is 35.8 Å². The van der Waals surface area contributed by atoms with Crippen LogP contribution in [-0.4, -0.2) is 42.3 Å². The summed E-state index contributed by atoms with van der Waals surface area (Å²) in [7, 11) is -0.564. The first-order chi connectivity index (χ1) is 12.2. The van der Waals surface area contributed by atoms with Gasteiger partial charge in [0.25, 0.3) is 5.91 Å². The van der Waals surface area contributed by atoms with E-state index in [4.69, 9.17) is 25.6 Å². The number of hydrogen-bond donors (Lipinski definition) is 1. The maximum absolute atomic E-state index is 12.3. The highest BCUT2D eigenvalue weighted by Gasteiger charge is 2.51. The zero-order valence-corrected chi connectivity index (χ0v) is 17.7. The van der Waals surface area contributed by atoms with Gasteiger partial charge in [-0.15, -0.1) is 0 Å². The van der Waals surface area contributed by atoms with Crippen LogP contribution in [0.5, 0.6) is 0 Å². The van der Waals surface area contributed by atoms with Gasteiger partial charge in [0.2, 0.25) is 0 Å². The summed E-state index contributed by atoms with van der Waals surface area (Å²) in [5.74, 6) is -0.966. The fourth-order valence-corrected chi connectivity index (χ4v) is 2.74. The molecule has 27 heavy (non-hydrogen) atoms. The lowest BCUT2D eigenvalue weighted by Gasteiger charge is -2.32. The Bertz CT molecular complexity index is 726. The van der Waals surface area contributed by atoms with E-state index in [1.165, 1.54) is 0 Å². The monoisotopic (exact) mass is 395 g/mol. The van der Waals surface area contributed by atoms with Crippen molar-refractivity contribution in [2.45, 2.75) is 65.3 Å². The highest BCUT2D eigenvalue weighted by Crippen LogP contribution is 2.36. The zero-order valence-electron chi connectivity index (χ0n) is 16.9. The minimum absolute atomic E-state index is 0.231. The van der Waals surface area contributed by atoms with Gasteiger partial charge < -0.3 is 19.4 Å². The van der Waals surface area contributed by atoms with Gasteiger partial charge in [-0.1, -0.05) is 17.7 Å². The number of amides is 1. The zero-order chi connectivity index (χ0) is 20.6. The molecule has 1 aliphatic heterocycles. The molecule has 0 atom stereocenters. The molecule has 0 unspecified atom stereocenters. The molecule has 1 N–H and O–H groups in total. The second kappa shape index (κ2) is 7.45. The Morgan fingerprint density at radius 3 is 2.19 bits per heavy atom. The van der Waals surface area contributed by atoms with Crippen molar-refractivity contribution in [3.05, 3.63) is 28.8 Å². The van der Waals surface area contributed by atoms with Gasteiger partial charge in [0, 0.05) is 0 Å². The van der Waals surface area contributed by atoms with E-state index >= 15 is 0 Å². The van der Waals surface area contributed by atoms with Crippen molar-refractivity contribution in [2.24, 2.45) is 0 Å². The van der Waals surface area contributed by atoms with Crippen molar-refractivity contribution in [1.29, 1.82) is 0 Å². The predicted octanol–water partition coefficient (Wildman–Crippen LogP) is 2.71. The number of halogens is 1. The largest absolute Gasteiger partial charge is 0.494 e. The van der Waals surface area contributed by atoms with E-state index in [-0.39, 0.29) is 17.1 Å². The lowest BCUT2D eigenvalue weighted by Crippen LogP contribution is -2.41. The number of carbonyl (C=O) groups is 2. The molecule has 6 nitrogen and oxygen atoms in total. The van der Waals surface area contributed by atoms with Crippen molar-refractivity contribution < 1.29 is 23.6 Å². The molecule has 0 aromatic heterocycles. The van der Waals surface area contributed by atoms with Crippen LogP contribution in [0.25, 0.3) is 0 Å². The van der Waals surface area contributed by atoms with E-state index in [1.54, 1.807) is 39.0 Å². The summed E-state index contributed by atoms with van der Waals surface area (Å²) in [6.07, 6.45) is 0. The van der Waals surface area contributed by atoms with Gasteiger partial charge in [0.15, 0.2) is 0 Å². The summed E-state index contributed by atoms with van der Waals surface area (Å²) < 4.78 is 17.1. The topological polar surface area (TPSA) is 73.9 Å². The summed E-state index contributed by atoms with van der Waals surface area (Å²) in [5.41, 5.74) is -0.548. The average Bonchev–Trinajstić information content (AvgIpc) is 2.71. The van der Waals surface area contributed by atoms with E-state index in [0.717, 1.165) is 5.46 Å². The molecular weight excluding hydrogens is 368 g/mol. The highest BCUT2D eigenvalue weighted by atomic mass is 35.5. The fraction of sp³-hybridized carbons (Fsp3) is 0.579. The number of carbonyl (C=O) groups excluding carboxylic acids is 2. The second-order valence-electron chi connectivity index (χ2n) is 8.60. The average molecular weight is 396 g/mol. The summed E-state index contributed by atoms with van der Waals surface area (Å²) in [6, 6.07) is 4.97. The van der Waals surface area contributed by atoms with Gasteiger partial charge in [0.1, 0.15) is 12.1 Å². The first-order valence-corrected chi connectivity index (χ1v) is 9.25. The molecule has 1 fully saturated rings. The van der Waals surface area contributed by atoms with Crippen molar-refractivity contribution >= 4 is 36.1 Å². The Balaban J connectivity index is 2.05. The molecule has 1 heterocycles. The van der Waals surface area contributed by atoms with E-state index in [1.807, 2.05) is 27.7 Å². The van der Waals surface area contributed by atoms with Crippen LogP contribution in [0.2, 0.25) is 5.02 Å². The molecule has 0 bridgehead atoms. The summed E-state index contributed by atoms with van der Waals surface area (Å²) >= 11 is 6.28. The standard InChI is InChI=1S/C19H27BClNO5/c1-17(2,3)25-15(23)11-22-16(24)13-9-8-12(10-14(13)21)20-26-18(4,5)19(6,7)27-20/h8-10H,11H2,1-7H3,(H,22,24). The van der Waals surface area contributed by atoms with Crippen LogP contribution in [-0.2, 0) is 18.8 Å². The van der Waals surface area contributed by atoms with Crippen LogP contribution in [0, 0.1) is 0 Å². The minimum atomic E-state index is -0.607. The molecule has 1 aromatic carbocycles. The molecule has 8 heteroatoms. The molecule has 0 aliphatic carbocycles. The Labute approximate surface area is 166 Å². The molecule has 1 amide bonds. The minimum Gasteiger partial charge on any atom is -0.459 e. The fourth-order valence-electron chi connectivity index (χ4n) is 2.47. The van der Waals surface area contributed by atoms with Gasteiger partial charge >= 0.3 is 13.1 Å². The van der Waals surface area contributed by atoms with Crippen molar-refractivity contribution in [3.8, 4) is 0 Å². The lowest BCUT2D eigenvalue weighted by molar-refractivity contribution is -0.153. The van der Waals surface area contributed by atoms with E-state index in [2.05, 4.69) is 5.32 Å². The van der Waals surface area contributed by atoms with Crippen LogP contribution in [0.4, 0.5) is 0 Å². The van der Waals surface area contributed by atoms with Gasteiger partial charge in [0.05, 0.1) is 21.8 Å². The smallest absolute Gasteiger partial charge is 0.459 e. The Kier molecular flexibility index (Phi) is 6.00. The summed E-state index contributed by atoms with van der Waals surface area (Å²) in [6.45, 7) is 12.9. The maximum atomic E-state index is 12.3. The summed E-state index contributed by atoms with van der Waals surface area (Å²) in [5, 5.41) is 2.77. The molecule has 1 saturated heterocycles. The molecule has 0 saturated carbocycles. The predicted molar refractivity (Wildman–Crippen MR) is 105 cm³/mol. The molecule has 1 aliphatic rings. The van der Waals surface area contributed by atoms with Gasteiger partial charge in [-0.05, 0) is 66.1 Å². The van der Waals surface area contributed by atoms with Gasteiger partial charge in [-0.3, -0.25) is 9.59 Å². The van der Waals surface area contributed by atoms with E-state index in [9.17, 15) is 9.59 Å². The highest BCUT2D eigenvalue weighted by molar-refractivity contribution is 6.62. The molecular formula is C19H27BClNO5. The number of esters is 1. The third-order valence-electron chi connectivity index (χ3n) is 4.58. The van der Waals surface area contributed by atoms with Crippen molar-refractivity contribution in [3.63, 3.8) is 0 Å². The summed E-state index contributed by atoms with van der Waals surface area (Å²) in [4.78, 5) is 24.0. The molecule has 148 valence electrons. The molecule has 2 rings (SSSR count). The van der Waals surface area contributed by atoms with E-state index in [0.29, 0.717) is 0 Å². The van der Waals surface area contributed by atoms with Crippen LogP contribution in [0.3, 0.4) is 0 Å². The first-order valence-electron chi connectivity index (χ1n) is 8.87. The third kappa shape index (κ3) is 5.24. The molecule has 0 radical (unpaired) electrons. The number of benzene rings is 1. The van der Waals surface area contributed by atoms with Crippen LogP contribution in [0.1, 0.15) is 58.8 Å². The van der Waals surface area contributed by atoms with Crippen molar-refractivity contribution in [2.75, 3.05) is 6.54 Å². The van der Waals surface area contributed by atoms with Gasteiger partial charge in [-0.2, -0.15) is 0 Å². The SMILES string of the molecule is CC(C)(C)OC(=O)CNC(=O)c1ccc(B2OC(C)(C)C(C)(C)O2)cc1Cl. The van der Waals surface area contributed by atoms with Crippen LogP contribution >= 0.6 is 11.6 Å². The van der Waals surface area contributed by atoms with Crippen LogP contribution < -0.4 is 10.8 Å². The lowest BCUT2D eigenvalue weighted by atomic mass is 9.79. The maximum Gasteiger partial charge on any atom is 0.494 e. The number of nitrogens with one attached hydrogen (secondary N) is 1. The Morgan fingerprint density at radius 1 is 1.15 bits per heavy atom. The van der Waals surface area contributed by atoms with Crippen molar-refractivity contribution in [1.82, 2.24) is 5.32 Å². The van der Waals surface area contributed by atoms with Gasteiger partial charge in [-0.25, -0.2) is 0 Å². The normalized spacial score (nSPS) is 18.3. The second-order valence-corrected chi connectivity index (χ2v) is 9.00. The number of rotatable bonds is 4. The number of hydrogen-bond acceptors (Lipinski definition) is 5. The quantitative estimate of drug-likeness (QED) is 0.627. The molecule has 0 spiro atoms. The third-order valence-corrected chi connectivity index (χ3v) is 4.89. The number of ether oxygens (including phenoxy) is 1. The first kappa shape index (κ1) is 21.7. The Hall–Kier alpha value is -1.57. The molecule has 1 aromatic rings.